The maximum absolute atomic E-state index is 13.9. The Kier molecular flexibility index (Phi) is 4.03. The zero-order valence-corrected chi connectivity index (χ0v) is 14.7. The van der Waals surface area contributed by atoms with E-state index in [0.717, 1.165) is 16.9 Å². The van der Waals surface area contributed by atoms with E-state index < -0.39 is 5.82 Å². The van der Waals surface area contributed by atoms with Gasteiger partial charge in [0.15, 0.2) is 5.82 Å². The van der Waals surface area contributed by atoms with Crippen LogP contribution in [-0.2, 0) is 0 Å². The molecule has 0 aliphatic carbocycles. The molecular formula is C17H8Cl2FN3OS. The second kappa shape index (κ2) is 6.22. The van der Waals surface area contributed by atoms with Gasteiger partial charge in [0.1, 0.15) is 5.82 Å². The summed E-state index contributed by atoms with van der Waals surface area (Å²) < 4.78 is 15.4. The largest absolute Gasteiger partial charge is 0.291 e. The molecule has 4 rings (SSSR count). The van der Waals surface area contributed by atoms with E-state index in [-0.39, 0.29) is 16.1 Å². The van der Waals surface area contributed by atoms with E-state index in [4.69, 9.17) is 23.2 Å². The van der Waals surface area contributed by atoms with Gasteiger partial charge in [-0.1, -0.05) is 40.6 Å². The number of halogens is 3. The lowest BCUT2D eigenvalue weighted by atomic mass is 10.2. The summed E-state index contributed by atoms with van der Waals surface area (Å²) in [7, 11) is 0. The molecule has 0 saturated carbocycles. The van der Waals surface area contributed by atoms with Crippen molar-refractivity contribution in [2.75, 3.05) is 0 Å². The number of thiazole rings is 1. The first-order valence-corrected chi connectivity index (χ1v) is 8.71. The highest BCUT2D eigenvalue weighted by Gasteiger charge is 2.13. The number of hydrogen-bond acceptors (Lipinski definition) is 4. The number of nitrogens with zero attached hydrogens (tertiary/aromatic N) is 3. The molecule has 124 valence electrons. The summed E-state index contributed by atoms with van der Waals surface area (Å²) in [5.41, 5.74) is 0.554. The Bertz CT molecular complexity index is 1180. The fourth-order valence-electron chi connectivity index (χ4n) is 2.33. The van der Waals surface area contributed by atoms with Crippen molar-refractivity contribution in [2.45, 2.75) is 0 Å². The molecule has 2 heterocycles. The van der Waals surface area contributed by atoms with Crippen LogP contribution >= 0.6 is 34.5 Å². The molecule has 0 aliphatic heterocycles. The average Bonchev–Trinajstić information content (AvgIpc) is 3.12. The normalized spacial score (nSPS) is 12.2. The number of fused-ring (bicyclic) bond motifs is 1. The number of aromatic nitrogens is 3. The first-order valence-electron chi connectivity index (χ1n) is 7.14. The highest BCUT2D eigenvalue weighted by atomic mass is 35.5. The molecule has 2 aromatic carbocycles. The molecule has 0 bridgehead atoms. The molecule has 0 atom stereocenters. The molecule has 0 aliphatic rings. The Hall–Kier alpha value is -2.28. The summed E-state index contributed by atoms with van der Waals surface area (Å²) in [5.74, 6) is -0.0664. The smallest absolute Gasteiger partial charge is 0.266 e. The van der Waals surface area contributed by atoms with Gasteiger partial charge in [-0.25, -0.2) is 4.39 Å². The third-order valence-corrected chi connectivity index (χ3v) is 5.10. The SMILES string of the molecule is O=c1c(=Cc2c(F)cccc2Cl)sc2nc(-c3ccc(Cl)cc3)nn12. The predicted molar refractivity (Wildman–Crippen MR) is 97.8 cm³/mol. The van der Waals surface area contributed by atoms with Crippen molar-refractivity contribution >= 4 is 45.6 Å². The van der Waals surface area contributed by atoms with Crippen LogP contribution in [0, 0.1) is 5.82 Å². The standard InChI is InChI=1S/C17H8Cl2FN3OS/c18-10-6-4-9(5-7-10)15-21-17-23(22-15)16(24)14(25-17)8-11-12(19)2-1-3-13(11)20/h1-8H. The van der Waals surface area contributed by atoms with Crippen LogP contribution in [0.5, 0.6) is 0 Å². The van der Waals surface area contributed by atoms with Crippen molar-refractivity contribution in [3.8, 4) is 11.4 Å². The van der Waals surface area contributed by atoms with Crippen molar-refractivity contribution in [3.05, 3.63) is 78.8 Å². The van der Waals surface area contributed by atoms with Gasteiger partial charge in [0, 0.05) is 16.1 Å². The zero-order valence-electron chi connectivity index (χ0n) is 12.4. The third-order valence-electron chi connectivity index (χ3n) is 3.56. The molecule has 0 amide bonds. The summed E-state index contributed by atoms with van der Waals surface area (Å²) in [6.07, 6.45) is 1.42. The second-order valence-corrected chi connectivity index (χ2v) is 7.04. The van der Waals surface area contributed by atoms with Crippen LogP contribution in [-0.4, -0.2) is 14.6 Å². The third kappa shape index (κ3) is 2.93. The first kappa shape index (κ1) is 16.2. The summed E-state index contributed by atoms with van der Waals surface area (Å²) >= 11 is 13.0. The highest BCUT2D eigenvalue weighted by Crippen LogP contribution is 2.21. The van der Waals surface area contributed by atoms with Crippen LogP contribution in [0.2, 0.25) is 10.0 Å². The lowest BCUT2D eigenvalue weighted by molar-refractivity contribution is 0.625. The van der Waals surface area contributed by atoms with Crippen LogP contribution in [0.1, 0.15) is 5.56 Å². The minimum Gasteiger partial charge on any atom is -0.266 e. The topological polar surface area (TPSA) is 47.3 Å². The van der Waals surface area contributed by atoms with Gasteiger partial charge < -0.3 is 0 Å². The van der Waals surface area contributed by atoms with Crippen molar-refractivity contribution < 1.29 is 4.39 Å². The van der Waals surface area contributed by atoms with Crippen molar-refractivity contribution in [2.24, 2.45) is 0 Å². The van der Waals surface area contributed by atoms with Crippen LogP contribution in [0.4, 0.5) is 4.39 Å². The maximum atomic E-state index is 13.9. The van der Waals surface area contributed by atoms with E-state index in [0.29, 0.717) is 20.3 Å². The summed E-state index contributed by atoms with van der Waals surface area (Å²) in [5, 5.41) is 5.07. The number of benzene rings is 2. The number of hydrogen-bond donors (Lipinski definition) is 0. The Morgan fingerprint density at radius 3 is 2.56 bits per heavy atom. The number of rotatable bonds is 2. The molecule has 0 radical (unpaired) electrons. The van der Waals surface area contributed by atoms with Gasteiger partial charge in [-0.15, -0.1) is 5.10 Å². The molecule has 4 aromatic rings. The van der Waals surface area contributed by atoms with Gasteiger partial charge in [0.25, 0.3) is 5.56 Å². The Balaban J connectivity index is 1.85. The molecule has 0 fully saturated rings. The zero-order chi connectivity index (χ0) is 17.6. The molecule has 4 nitrogen and oxygen atoms in total. The van der Waals surface area contributed by atoms with Gasteiger partial charge in [-0.3, -0.25) is 4.79 Å². The Labute approximate surface area is 154 Å². The maximum Gasteiger partial charge on any atom is 0.291 e. The van der Waals surface area contributed by atoms with E-state index in [1.807, 2.05) is 0 Å². The second-order valence-electron chi connectivity index (χ2n) is 5.19. The van der Waals surface area contributed by atoms with E-state index in [1.165, 1.54) is 22.7 Å². The molecule has 0 unspecified atom stereocenters. The van der Waals surface area contributed by atoms with Crippen molar-refractivity contribution in [1.29, 1.82) is 0 Å². The van der Waals surface area contributed by atoms with Crippen molar-refractivity contribution in [1.82, 2.24) is 14.6 Å². The molecule has 8 heteroatoms. The minimum atomic E-state index is -0.493. The predicted octanol–water partition coefficient (Wildman–Crippen LogP) is 3.81. The summed E-state index contributed by atoms with van der Waals surface area (Å²) in [4.78, 5) is 17.3. The van der Waals surface area contributed by atoms with E-state index >= 15 is 0 Å². The van der Waals surface area contributed by atoms with Gasteiger partial charge >= 0.3 is 0 Å². The van der Waals surface area contributed by atoms with E-state index in [1.54, 1.807) is 30.3 Å². The van der Waals surface area contributed by atoms with Gasteiger partial charge in [0.2, 0.25) is 4.96 Å². The van der Waals surface area contributed by atoms with Crippen LogP contribution in [0.3, 0.4) is 0 Å². The average molecular weight is 392 g/mol. The fourth-order valence-corrected chi connectivity index (χ4v) is 3.57. The lowest BCUT2D eigenvalue weighted by Gasteiger charge is -1.97. The molecular weight excluding hydrogens is 384 g/mol. The molecule has 0 N–H and O–H groups in total. The molecule has 0 spiro atoms. The Morgan fingerprint density at radius 1 is 1.12 bits per heavy atom. The quantitative estimate of drug-likeness (QED) is 0.521. The lowest BCUT2D eigenvalue weighted by Crippen LogP contribution is -2.23. The van der Waals surface area contributed by atoms with E-state index in [2.05, 4.69) is 10.1 Å². The van der Waals surface area contributed by atoms with Crippen molar-refractivity contribution in [3.63, 3.8) is 0 Å². The van der Waals surface area contributed by atoms with Crippen LogP contribution in [0.25, 0.3) is 22.4 Å². The molecule has 2 aromatic heterocycles. The highest BCUT2D eigenvalue weighted by molar-refractivity contribution is 7.15. The molecule has 0 saturated heterocycles. The molecule has 25 heavy (non-hydrogen) atoms. The first-order chi connectivity index (χ1) is 12.0. The summed E-state index contributed by atoms with van der Waals surface area (Å²) in [6, 6.07) is 11.4. The summed E-state index contributed by atoms with van der Waals surface area (Å²) in [6.45, 7) is 0. The Morgan fingerprint density at radius 2 is 1.88 bits per heavy atom. The van der Waals surface area contributed by atoms with Gasteiger partial charge in [-0.2, -0.15) is 9.50 Å². The van der Waals surface area contributed by atoms with E-state index in [9.17, 15) is 9.18 Å². The van der Waals surface area contributed by atoms with Crippen LogP contribution < -0.4 is 10.1 Å². The van der Waals surface area contributed by atoms with Crippen LogP contribution in [0.15, 0.2) is 47.3 Å². The van der Waals surface area contributed by atoms with Gasteiger partial charge in [-0.05, 0) is 42.5 Å². The minimum absolute atomic E-state index is 0.170. The fraction of sp³-hybridized carbons (Fsp3) is 0. The van der Waals surface area contributed by atoms with Gasteiger partial charge in [0.05, 0.1) is 9.55 Å². The monoisotopic (exact) mass is 391 g/mol.